The van der Waals surface area contributed by atoms with Gasteiger partial charge in [-0.1, -0.05) is 6.92 Å². The molecule has 0 saturated carbocycles. The summed E-state index contributed by atoms with van der Waals surface area (Å²) in [5.41, 5.74) is 0. The van der Waals surface area contributed by atoms with E-state index >= 15 is 0 Å². The van der Waals surface area contributed by atoms with E-state index in [0.717, 1.165) is 6.42 Å². The second-order valence-electron chi connectivity index (χ2n) is 3.75. The zero-order valence-electron chi connectivity index (χ0n) is 8.78. The van der Waals surface area contributed by atoms with Gasteiger partial charge >= 0.3 is 6.09 Å². The number of ether oxygens (including phenoxy) is 1. The summed E-state index contributed by atoms with van der Waals surface area (Å²) in [6.07, 6.45) is 0.281. The fraction of sp³-hybridized carbons (Fsp3) is 0.800. The maximum atomic E-state index is 11.8. The summed E-state index contributed by atoms with van der Waals surface area (Å²) in [5.74, 6) is 0.164. The number of halogens is 1. The summed E-state index contributed by atoms with van der Waals surface area (Å²) in [4.78, 5) is 12.8. The highest BCUT2D eigenvalue weighted by atomic mass is 19.1. The number of piperidine rings is 1. The highest BCUT2D eigenvalue weighted by molar-refractivity contribution is 5.67. The predicted octanol–water partition coefficient (Wildman–Crippen LogP) is 1.57. The van der Waals surface area contributed by atoms with Crippen molar-refractivity contribution in [3.63, 3.8) is 0 Å². The number of nitriles is 1. The summed E-state index contributed by atoms with van der Waals surface area (Å²) in [7, 11) is 0. The highest BCUT2D eigenvalue weighted by Gasteiger charge is 2.29. The molecule has 1 amide bonds. The van der Waals surface area contributed by atoms with Crippen LogP contribution in [0.1, 0.15) is 13.3 Å². The lowest BCUT2D eigenvalue weighted by Gasteiger charge is -2.32. The van der Waals surface area contributed by atoms with Crippen LogP contribution in [0.4, 0.5) is 9.18 Å². The molecule has 1 fully saturated rings. The Morgan fingerprint density at radius 2 is 2.47 bits per heavy atom. The van der Waals surface area contributed by atoms with Gasteiger partial charge in [-0.25, -0.2) is 9.18 Å². The number of carbonyl (C=O) groups is 1. The van der Waals surface area contributed by atoms with E-state index in [1.54, 1.807) is 0 Å². The third kappa shape index (κ3) is 3.08. The Labute approximate surface area is 88.6 Å². The number of hydrogen-bond donors (Lipinski definition) is 0. The molecule has 4 nitrogen and oxygen atoms in total. The molecule has 0 aromatic carbocycles. The van der Waals surface area contributed by atoms with Gasteiger partial charge in [-0.15, -0.1) is 0 Å². The Morgan fingerprint density at radius 3 is 3.07 bits per heavy atom. The van der Waals surface area contributed by atoms with E-state index < -0.39 is 12.8 Å². The van der Waals surface area contributed by atoms with Crippen LogP contribution < -0.4 is 0 Å². The monoisotopic (exact) mass is 214 g/mol. The van der Waals surface area contributed by atoms with Gasteiger partial charge in [0.15, 0.2) is 0 Å². The molecule has 2 unspecified atom stereocenters. The molecule has 0 aromatic rings. The fourth-order valence-corrected chi connectivity index (χ4v) is 1.62. The zero-order valence-corrected chi connectivity index (χ0v) is 8.78. The number of hydrogen-bond acceptors (Lipinski definition) is 3. The molecular formula is C10H15FN2O2. The lowest BCUT2D eigenvalue weighted by Crippen LogP contribution is -2.43. The number of nitrogens with zero attached hydrogens (tertiary/aromatic N) is 2. The fourth-order valence-electron chi connectivity index (χ4n) is 1.62. The van der Waals surface area contributed by atoms with Crippen LogP contribution in [0.3, 0.4) is 0 Å². The maximum Gasteiger partial charge on any atom is 0.409 e. The van der Waals surface area contributed by atoms with Crippen LogP contribution in [-0.4, -0.2) is 37.4 Å². The summed E-state index contributed by atoms with van der Waals surface area (Å²) in [6.45, 7) is 2.10. The van der Waals surface area contributed by atoms with Crippen molar-refractivity contribution in [3.8, 4) is 6.07 Å². The molecule has 1 heterocycles. The van der Waals surface area contributed by atoms with Crippen molar-refractivity contribution < 1.29 is 13.9 Å². The van der Waals surface area contributed by atoms with Crippen molar-refractivity contribution in [1.29, 1.82) is 5.26 Å². The van der Waals surface area contributed by atoms with Gasteiger partial charge in [0.05, 0.1) is 12.0 Å². The van der Waals surface area contributed by atoms with Crippen LogP contribution in [0.2, 0.25) is 0 Å². The lowest BCUT2D eigenvalue weighted by atomic mass is 9.88. The SMILES string of the molecule is CC1CCN(C(=O)OCCF)CC1C#N. The smallest absolute Gasteiger partial charge is 0.409 e. The van der Waals surface area contributed by atoms with Gasteiger partial charge in [-0.3, -0.25) is 0 Å². The zero-order chi connectivity index (χ0) is 11.3. The maximum absolute atomic E-state index is 11.8. The van der Waals surface area contributed by atoms with E-state index in [1.165, 1.54) is 4.90 Å². The van der Waals surface area contributed by atoms with E-state index in [1.807, 2.05) is 6.92 Å². The molecule has 0 aromatic heterocycles. The second kappa shape index (κ2) is 5.54. The quantitative estimate of drug-likeness (QED) is 0.701. The largest absolute Gasteiger partial charge is 0.447 e. The van der Waals surface area contributed by atoms with Crippen LogP contribution in [0.25, 0.3) is 0 Å². The normalized spacial score (nSPS) is 25.8. The Kier molecular flexibility index (Phi) is 4.35. The van der Waals surface area contributed by atoms with E-state index in [9.17, 15) is 9.18 Å². The molecule has 5 heteroatoms. The van der Waals surface area contributed by atoms with Gasteiger partial charge < -0.3 is 9.64 Å². The molecule has 2 atom stereocenters. The minimum atomic E-state index is -0.669. The van der Waals surface area contributed by atoms with Crippen LogP contribution in [0.5, 0.6) is 0 Å². The Balaban J connectivity index is 2.44. The molecule has 1 aliphatic heterocycles. The van der Waals surface area contributed by atoms with Gasteiger partial charge in [0.1, 0.15) is 13.3 Å². The van der Waals surface area contributed by atoms with Crippen molar-refractivity contribution in [1.82, 2.24) is 4.90 Å². The number of amides is 1. The average Bonchev–Trinajstić information content (AvgIpc) is 2.26. The predicted molar refractivity (Wildman–Crippen MR) is 51.8 cm³/mol. The number of carbonyl (C=O) groups excluding carboxylic acids is 1. The third-order valence-electron chi connectivity index (χ3n) is 2.69. The van der Waals surface area contributed by atoms with Crippen molar-refractivity contribution in [2.24, 2.45) is 11.8 Å². The Hall–Kier alpha value is -1.31. The molecular weight excluding hydrogens is 199 g/mol. The topological polar surface area (TPSA) is 53.3 Å². The Bertz CT molecular complexity index is 265. The molecule has 1 aliphatic rings. The molecule has 0 aliphatic carbocycles. The molecule has 0 radical (unpaired) electrons. The van der Waals surface area contributed by atoms with E-state index in [2.05, 4.69) is 10.8 Å². The second-order valence-corrected chi connectivity index (χ2v) is 3.75. The van der Waals surface area contributed by atoms with Gasteiger partial charge in [-0.2, -0.15) is 5.26 Å². The number of alkyl halides is 1. The number of likely N-dealkylation sites (tertiary alicyclic amines) is 1. The molecule has 84 valence electrons. The lowest BCUT2D eigenvalue weighted by molar-refractivity contribution is 0.0761. The van der Waals surface area contributed by atoms with Crippen LogP contribution in [0.15, 0.2) is 0 Å². The Morgan fingerprint density at radius 1 is 1.73 bits per heavy atom. The van der Waals surface area contributed by atoms with Crippen molar-refractivity contribution >= 4 is 6.09 Å². The summed E-state index contributed by atoms with van der Waals surface area (Å²) in [5, 5.41) is 8.85. The highest BCUT2D eigenvalue weighted by Crippen LogP contribution is 2.22. The standard InChI is InChI=1S/C10H15FN2O2/c1-8-2-4-13(7-9(8)6-12)10(14)15-5-3-11/h8-9H,2-5,7H2,1H3. The van der Waals surface area contributed by atoms with E-state index in [4.69, 9.17) is 5.26 Å². The van der Waals surface area contributed by atoms with Crippen LogP contribution in [-0.2, 0) is 4.74 Å². The van der Waals surface area contributed by atoms with Crippen molar-refractivity contribution in [2.45, 2.75) is 13.3 Å². The van der Waals surface area contributed by atoms with Gasteiger partial charge in [0.2, 0.25) is 0 Å². The first-order valence-electron chi connectivity index (χ1n) is 5.06. The first kappa shape index (κ1) is 11.8. The van der Waals surface area contributed by atoms with Crippen molar-refractivity contribution in [3.05, 3.63) is 0 Å². The number of rotatable bonds is 2. The average molecular weight is 214 g/mol. The van der Waals surface area contributed by atoms with Gasteiger partial charge in [-0.05, 0) is 12.3 Å². The molecule has 0 bridgehead atoms. The molecule has 1 rings (SSSR count). The van der Waals surface area contributed by atoms with Crippen LogP contribution in [0, 0.1) is 23.2 Å². The van der Waals surface area contributed by atoms with Gasteiger partial charge in [0, 0.05) is 13.1 Å². The summed E-state index contributed by atoms with van der Waals surface area (Å²) >= 11 is 0. The molecule has 0 N–H and O–H groups in total. The van der Waals surface area contributed by atoms with Crippen LogP contribution >= 0.6 is 0 Å². The first-order chi connectivity index (χ1) is 7.19. The minimum Gasteiger partial charge on any atom is -0.447 e. The summed E-state index contributed by atoms with van der Waals surface area (Å²) in [6, 6.07) is 2.17. The molecule has 1 saturated heterocycles. The molecule has 15 heavy (non-hydrogen) atoms. The third-order valence-corrected chi connectivity index (χ3v) is 2.69. The van der Waals surface area contributed by atoms with Gasteiger partial charge in [0.25, 0.3) is 0 Å². The van der Waals surface area contributed by atoms with E-state index in [0.29, 0.717) is 19.0 Å². The summed E-state index contributed by atoms with van der Waals surface area (Å²) < 4.78 is 16.4. The minimum absolute atomic E-state index is 0.142. The van der Waals surface area contributed by atoms with E-state index in [-0.39, 0.29) is 12.5 Å². The first-order valence-corrected chi connectivity index (χ1v) is 5.06. The molecule has 0 spiro atoms. The van der Waals surface area contributed by atoms with Crippen molar-refractivity contribution in [2.75, 3.05) is 26.4 Å².